The fraction of sp³-hybridized carbons (Fsp3) is 0.538. The van der Waals surface area contributed by atoms with Gasteiger partial charge in [0.15, 0.2) is 0 Å². The lowest BCUT2D eigenvalue weighted by Crippen LogP contribution is -2.47. The average molecular weight is 328 g/mol. The number of amides is 2. The number of rotatable bonds is 2. The number of nitrogens with zero attached hydrogens (tertiary/aromatic N) is 1. The molecule has 1 aromatic heterocycles. The lowest BCUT2D eigenvalue weighted by Gasteiger charge is -2.35. The van der Waals surface area contributed by atoms with Crippen LogP contribution in [0.4, 0.5) is 10.5 Å². The minimum atomic E-state index is -0.199. The first-order valence-corrected chi connectivity index (χ1v) is 7.06. The van der Waals surface area contributed by atoms with Crippen LogP contribution in [0.25, 0.3) is 0 Å². The third-order valence-corrected chi connectivity index (χ3v) is 3.68. The van der Waals surface area contributed by atoms with E-state index in [1.165, 1.54) is 0 Å². The molecule has 2 amide bonds. The van der Waals surface area contributed by atoms with Crippen molar-refractivity contribution >= 4 is 27.6 Å². The summed E-state index contributed by atoms with van der Waals surface area (Å²) in [5.41, 5.74) is 0.534. The first kappa shape index (κ1) is 14.3. The highest BCUT2D eigenvalue weighted by Gasteiger charge is 2.29. The fourth-order valence-electron chi connectivity index (χ4n) is 2.18. The number of carbonyl (C=O) groups excluding carboxylic acids is 1. The summed E-state index contributed by atoms with van der Waals surface area (Å²) in [6, 6.07) is 1.69. The average Bonchev–Trinajstić information content (AvgIpc) is 2.30. The molecular formula is C13H18BrN3O2. The molecule has 104 valence electrons. The number of carbonyl (C=O) groups is 1. The number of halogens is 1. The van der Waals surface area contributed by atoms with Crippen molar-refractivity contribution in [3.8, 4) is 0 Å². The number of pyridine rings is 1. The predicted octanol–water partition coefficient (Wildman–Crippen LogP) is 2.92. The van der Waals surface area contributed by atoms with Crippen molar-refractivity contribution in [2.45, 2.75) is 38.3 Å². The summed E-state index contributed by atoms with van der Waals surface area (Å²) < 4.78 is 6.39. The zero-order chi connectivity index (χ0) is 13.9. The molecule has 0 radical (unpaired) electrons. The molecule has 1 aromatic rings. The second-order valence-electron chi connectivity index (χ2n) is 5.25. The van der Waals surface area contributed by atoms with Gasteiger partial charge in [-0.25, -0.2) is 4.79 Å². The van der Waals surface area contributed by atoms with Crippen molar-refractivity contribution in [2.24, 2.45) is 0 Å². The molecule has 5 nitrogen and oxygen atoms in total. The van der Waals surface area contributed by atoms with Gasteiger partial charge in [0.1, 0.15) is 0 Å². The summed E-state index contributed by atoms with van der Waals surface area (Å²) in [5, 5.41) is 5.79. The Bertz CT molecular complexity index is 465. The summed E-state index contributed by atoms with van der Waals surface area (Å²) in [5.74, 6) is 0. The smallest absolute Gasteiger partial charge is 0.319 e. The Labute approximate surface area is 121 Å². The van der Waals surface area contributed by atoms with Crippen LogP contribution in [0, 0.1) is 0 Å². The number of urea groups is 1. The van der Waals surface area contributed by atoms with Gasteiger partial charge >= 0.3 is 6.03 Å². The number of anilines is 1. The molecule has 2 rings (SSSR count). The van der Waals surface area contributed by atoms with Crippen molar-refractivity contribution in [3.63, 3.8) is 0 Å². The number of hydrogen-bond acceptors (Lipinski definition) is 3. The molecular weight excluding hydrogens is 310 g/mol. The topological polar surface area (TPSA) is 63.2 Å². The Hall–Kier alpha value is -1.14. The van der Waals surface area contributed by atoms with Crippen LogP contribution in [0.15, 0.2) is 22.9 Å². The van der Waals surface area contributed by atoms with E-state index in [9.17, 15) is 4.79 Å². The Morgan fingerprint density at radius 3 is 3.05 bits per heavy atom. The quantitative estimate of drug-likeness (QED) is 0.877. The van der Waals surface area contributed by atoms with Gasteiger partial charge in [0.2, 0.25) is 0 Å². The van der Waals surface area contributed by atoms with E-state index in [-0.39, 0.29) is 17.7 Å². The molecule has 0 aromatic carbocycles. The number of hydrogen-bond donors (Lipinski definition) is 2. The van der Waals surface area contributed by atoms with Gasteiger partial charge in [0, 0.05) is 25.0 Å². The standard InChI is InChI=1S/C13H18BrN3O2/c1-13(2)7-9(4-6-19-13)16-12(18)17-11-3-5-15-8-10(11)14/h3,5,8-9H,4,6-7H2,1-2H3,(H2,15,16,17,18). The van der Waals surface area contributed by atoms with E-state index < -0.39 is 0 Å². The van der Waals surface area contributed by atoms with Gasteiger partial charge in [-0.3, -0.25) is 4.98 Å². The molecule has 1 aliphatic heterocycles. The van der Waals surface area contributed by atoms with E-state index in [2.05, 4.69) is 31.5 Å². The first-order valence-electron chi connectivity index (χ1n) is 6.27. The van der Waals surface area contributed by atoms with Crippen LogP contribution in [-0.4, -0.2) is 29.3 Å². The maximum Gasteiger partial charge on any atom is 0.319 e. The minimum absolute atomic E-state index is 0.143. The summed E-state index contributed by atoms with van der Waals surface area (Å²) >= 11 is 3.34. The van der Waals surface area contributed by atoms with Gasteiger partial charge in [-0.15, -0.1) is 0 Å². The normalized spacial score (nSPS) is 21.7. The largest absolute Gasteiger partial charge is 0.375 e. The van der Waals surface area contributed by atoms with Gasteiger partial charge in [0.05, 0.1) is 15.8 Å². The van der Waals surface area contributed by atoms with Crippen LogP contribution in [0.1, 0.15) is 26.7 Å². The van der Waals surface area contributed by atoms with Crippen LogP contribution < -0.4 is 10.6 Å². The highest BCUT2D eigenvalue weighted by molar-refractivity contribution is 9.10. The number of aromatic nitrogens is 1. The Morgan fingerprint density at radius 2 is 2.37 bits per heavy atom. The van der Waals surface area contributed by atoms with Gasteiger partial charge in [-0.2, -0.15) is 0 Å². The third kappa shape index (κ3) is 4.18. The van der Waals surface area contributed by atoms with Crippen molar-refractivity contribution < 1.29 is 9.53 Å². The van der Waals surface area contributed by atoms with E-state index in [1.807, 2.05) is 13.8 Å². The third-order valence-electron chi connectivity index (χ3n) is 3.05. The van der Waals surface area contributed by atoms with Gasteiger partial charge < -0.3 is 15.4 Å². The predicted molar refractivity (Wildman–Crippen MR) is 77.1 cm³/mol. The van der Waals surface area contributed by atoms with Gasteiger partial charge in [-0.05, 0) is 48.7 Å². The SMILES string of the molecule is CC1(C)CC(NC(=O)Nc2ccncc2Br)CCO1. The van der Waals surface area contributed by atoms with E-state index >= 15 is 0 Å². The molecule has 2 heterocycles. The fourth-order valence-corrected chi connectivity index (χ4v) is 2.52. The second-order valence-corrected chi connectivity index (χ2v) is 6.11. The molecule has 1 unspecified atom stereocenters. The van der Waals surface area contributed by atoms with Crippen LogP contribution >= 0.6 is 15.9 Å². The molecule has 6 heteroatoms. The summed E-state index contributed by atoms with van der Waals surface area (Å²) in [6.07, 6.45) is 4.94. The molecule has 1 saturated heterocycles. The zero-order valence-electron chi connectivity index (χ0n) is 11.1. The van der Waals surface area contributed by atoms with E-state index in [0.717, 1.165) is 17.3 Å². The van der Waals surface area contributed by atoms with E-state index in [4.69, 9.17) is 4.74 Å². The highest BCUT2D eigenvalue weighted by Crippen LogP contribution is 2.24. The van der Waals surface area contributed by atoms with E-state index in [1.54, 1.807) is 18.5 Å². The van der Waals surface area contributed by atoms with Crippen LogP contribution in [0.5, 0.6) is 0 Å². The number of nitrogens with one attached hydrogen (secondary N) is 2. The van der Waals surface area contributed by atoms with Gasteiger partial charge in [0.25, 0.3) is 0 Å². The molecule has 0 spiro atoms. The lowest BCUT2D eigenvalue weighted by molar-refractivity contribution is -0.0609. The molecule has 0 aliphatic carbocycles. The lowest BCUT2D eigenvalue weighted by atomic mass is 9.94. The Balaban J connectivity index is 1.90. The highest BCUT2D eigenvalue weighted by atomic mass is 79.9. The van der Waals surface area contributed by atoms with Crippen molar-refractivity contribution in [3.05, 3.63) is 22.9 Å². The van der Waals surface area contributed by atoms with Gasteiger partial charge in [-0.1, -0.05) is 0 Å². The van der Waals surface area contributed by atoms with E-state index in [0.29, 0.717) is 12.3 Å². The molecule has 0 saturated carbocycles. The first-order chi connectivity index (χ1) is 8.96. The van der Waals surface area contributed by atoms with Crippen molar-refractivity contribution in [2.75, 3.05) is 11.9 Å². The Kier molecular flexibility index (Phi) is 4.42. The molecule has 1 atom stereocenters. The maximum absolute atomic E-state index is 11.9. The molecule has 1 fully saturated rings. The molecule has 19 heavy (non-hydrogen) atoms. The van der Waals surface area contributed by atoms with Crippen molar-refractivity contribution in [1.82, 2.24) is 10.3 Å². The molecule has 2 N–H and O–H groups in total. The molecule has 1 aliphatic rings. The molecule has 0 bridgehead atoms. The van der Waals surface area contributed by atoms with Crippen LogP contribution in [-0.2, 0) is 4.74 Å². The number of ether oxygens (including phenoxy) is 1. The zero-order valence-corrected chi connectivity index (χ0v) is 12.7. The van der Waals surface area contributed by atoms with Crippen molar-refractivity contribution in [1.29, 1.82) is 0 Å². The monoisotopic (exact) mass is 327 g/mol. The van der Waals surface area contributed by atoms with Crippen LogP contribution in [0.2, 0.25) is 0 Å². The Morgan fingerprint density at radius 1 is 1.58 bits per heavy atom. The minimum Gasteiger partial charge on any atom is -0.375 e. The second kappa shape index (κ2) is 5.88. The van der Waals surface area contributed by atoms with Crippen LogP contribution in [0.3, 0.4) is 0 Å². The maximum atomic E-state index is 11.9. The summed E-state index contributed by atoms with van der Waals surface area (Å²) in [4.78, 5) is 15.9. The summed E-state index contributed by atoms with van der Waals surface area (Å²) in [7, 11) is 0. The summed E-state index contributed by atoms with van der Waals surface area (Å²) in [6.45, 7) is 4.76.